The summed E-state index contributed by atoms with van der Waals surface area (Å²) in [4.78, 5) is 34.1. The number of carbonyl (C=O) groups excluding carboxylic acids is 2. The standard InChI is InChI=1S/C22H35N3O7/c1-3-20(27)24-7-9-32-11-10-31-8-6-21(28)25-18-14-16(4-5-19(18)26)13-17(23)12-15(2)22(29)30/h4-5,14-15,17,26H,3,6-13,23H2,1-2H3,(H,24,27)(H,25,28)(H,29,30). The largest absolute Gasteiger partial charge is 0.506 e. The predicted molar refractivity (Wildman–Crippen MR) is 119 cm³/mol. The summed E-state index contributed by atoms with van der Waals surface area (Å²) in [7, 11) is 0. The van der Waals surface area contributed by atoms with E-state index in [4.69, 9.17) is 20.3 Å². The van der Waals surface area contributed by atoms with E-state index >= 15 is 0 Å². The van der Waals surface area contributed by atoms with Crippen LogP contribution in [0, 0.1) is 5.92 Å². The van der Waals surface area contributed by atoms with Crippen LogP contribution in [0.3, 0.4) is 0 Å². The number of aliphatic carboxylic acids is 1. The van der Waals surface area contributed by atoms with Crippen molar-refractivity contribution in [1.82, 2.24) is 5.32 Å². The van der Waals surface area contributed by atoms with Crippen LogP contribution in [0.5, 0.6) is 5.75 Å². The molecule has 2 amide bonds. The van der Waals surface area contributed by atoms with Crippen LogP contribution in [0.15, 0.2) is 18.2 Å². The second-order valence-electron chi connectivity index (χ2n) is 7.52. The fraction of sp³-hybridized carbons (Fsp3) is 0.591. The first-order valence-corrected chi connectivity index (χ1v) is 10.7. The number of aromatic hydroxyl groups is 1. The van der Waals surface area contributed by atoms with E-state index in [1.807, 2.05) is 0 Å². The van der Waals surface area contributed by atoms with Gasteiger partial charge >= 0.3 is 5.97 Å². The van der Waals surface area contributed by atoms with Crippen LogP contribution in [0.25, 0.3) is 0 Å². The number of hydrogen-bond acceptors (Lipinski definition) is 7. The van der Waals surface area contributed by atoms with Gasteiger partial charge in [-0.15, -0.1) is 0 Å². The monoisotopic (exact) mass is 453 g/mol. The first kappa shape index (κ1) is 27.3. The van der Waals surface area contributed by atoms with Gasteiger partial charge in [0.1, 0.15) is 5.75 Å². The van der Waals surface area contributed by atoms with Crippen LogP contribution >= 0.6 is 0 Å². The maximum absolute atomic E-state index is 12.1. The maximum atomic E-state index is 12.1. The lowest BCUT2D eigenvalue weighted by atomic mass is 9.96. The minimum absolute atomic E-state index is 0.0249. The van der Waals surface area contributed by atoms with E-state index in [9.17, 15) is 19.5 Å². The average Bonchev–Trinajstić information content (AvgIpc) is 2.74. The number of amides is 2. The minimum atomic E-state index is -0.895. The van der Waals surface area contributed by atoms with E-state index in [2.05, 4.69) is 10.6 Å². The Bertz CT molecular complexity index is 742. The third kappa shape index (κ3) is 11.6. The number of phenols is 1. The highest BCUT2D eigenvalue weighted by atomic mass is 16.5. The zero-order valence-electron chi connectivity index (χ0n) is 18.8. The van der Waals surface area contributed by atoms with Gasteiger partial charge in [0.25, 0.3) is 0 Å². The van der Waals surface area contributed by atoms with Crippen molar-refractivity contribution in [2.24, 2.45) is 11.7 Å². The third-order valence-electron chi connectivity index (χ3n) is 4.65. The summed E-state index contributed by atoms with van der Waals surface area (Å²) < 4.78 is 10.7. The number of carboxylic acid groups (broad SMARTS) is 1. The van der Waals surface area contributed by atoms with E-state index in [0.717, 1.165) is 5.56 Å². The number of anilines is 1. The molecule has 0 heterocycles. The number of ether oxygens (including phenoxy) is 2. The van der Waals surface area contributed by atoms with Crippen molar-refractivity contribution in [3.8, 4) is 5.75 Å². The molecule has 0 aliphatic heterocycles. The lowest BCUT2D eigenvalue weighted by Crippen LogP contribution is -2.28. The second-order valence-corrected chi connectivity index (χ2v) is 7.52. The quantitative estimate of drug-likeness (QED) is 0.185. The Balaban J connectivity index is 2.30. The maximum Gasteiger partial charge on any atom is 0.306 e. The molecule has 1 aromatic rings. The summed E-state index contributed by atoms with van der Waals surface area (Å²) >= 11 is 0. The van der Waals surface area contributed by atoms with Crippen molar-refractivity contribution in [1.29, 1.82) is 0 Å². The van der Waals surface area contributed by atoms with Crippen molar-refractivity contribution >= 4 is 23.5 Å². The molecule has 0 radical (unpaired) electrons. The smallest absolute Gasteiger partial charge is 0.306 e. The van der Waals surface area contributed by atoms with Crippen molar-refractivity contribution < 1.29 is 34.1 Å². The molecule has 32 heavy (non-hydrogen) atoms. The number of carbonyl (C=O) groups is 3. The molecule has 0 aromatic heterocycles. The van der Waals surface area contributed by atoms with Gasteiger partial charge in [-0.3, -0.25) is 14.4 Å². The fourth-order valence-corrected chi connectivity index (χ4v) is 2.84. The third-order valence-corrected chi connectivity index (χ3v) is 4.65. The minimum Gasteiger partial charge on any atom is -0.506 e. The molecule has 0 saturated heterocycles. The normalized spacial score (nSPS) is 12.7. The topological polar surface area (TPSA) is 160 Å². The molecule has 10 nitrogen and oxygen atoms in total. The highest BCUT2D eigenvalue weighted by Gasteiger charge is 2.16. The zero-order valence-corrected chi connectivity index (χ0v) is 18.8. The summed E-state index contributed by atoms with van der Waals surface area (Å²) in [6, 6.07) is 4.43. The Labute approximate surface area is 188 Å². The van der Waals surface area contributed by atoms with Gasteiger partial charge in [-0.1, -0.05) is 19.9 Å². The van der Waals surface area contributed by atoms with Crippen LogP contribution in [0.4, 0.5) is 5.69 Å². The SMILES string of the molecule is CCC(=O)NCCOCCOCCC(=O)Nc1cc(CC(N)CC(C)C(=O)O)ccc1O. The Kier molecular flexibility index (Phi) is 13.0. The van der Waals surface area contributed by atoms with E-state index in [0.29, 0.717) is 45.6 Å². The first-order valence-electron chi connectivity index (χ1n) is 10.7. The molecular weight excluding hydrogens is 418 g/mol. The molecule has 0 spiro atoms. The van der Waals surface area contributed by atoms with E-state index in [1.54, 1.807) is 26.0 Å². The predicted octanol–water partition coefficient (Wildman–Crippen LogP) is 1.26. The molecule has 0 aliphatic rings. The van der Waals surface area contributed by atoms with Gasteiger partial charge in [0.05, 0.1) is 44.5 Å². The fourth-order valence-electron chi connectivity index (χ4n) is 2.84. The van der Waals surface area contributed by atoms with Gasteiger partial charge in [0, 0.05) is 19.0 Å². The zero-order chi connectivity index (χ0) is 23.9. The van der Waals surface area contributed by atoms with Crippen LogP contribution in [0.2, 0.25) is 0 Å². The van der Waals surface area contributed by atoms with Crippen LogP contribution < -0.4 is 16.4 Å². The summed E-state index contributed by atoms with van der Waals surface area (Å²) in [5, 5.41) is 24.3. The van der Waals surface area contributed by atoms with Gasteiger partial charge < -0.3 is 36.1 Å². The molecule has 10 heteroatoms. The Morgan fingerprint density at radius 2 is 1.78 bits per heavy atom. The van der Waals surface area contributed by atoms with Crippen LogP contribution in [-0.4, -0.2) is 67.0 Å². The molecule has 0 saturated carbocycles. The van der Waals surface area contributed by atoms with Gasteiger partial charge in [-0.25, -0.2) is 0 Å². The van der Waals surface area contributed by atoms with Gasteiger partial charge in [-0.2, -0.15) is 0 Å². The van der Waals surface area contributed by atoms with Crippen molar-refractivity contribution in [2.45, 2.75) is 45.6 Å². The number of nitrogens with one attached hydrogen (secondary N) is 2. The number of phenolic OH excluding ortho intramolecular Hbond substituents is 1. The highest BCUT2D eigenvalue weighted by Crippen LogP contribution is 2.25. The number of benzene rings is 1. The molecule has 0 fully saturated rings. The molecule has 2 atom stereocenters. The number of rotatable bonds is 16. The highest BCUT2D eigenvalue weighted by molar-refractivity contribution is 5.92. The summed E-state index contributed by atoms with van der Waals surface area (Å²) in [5.74, 6) is -1.85. The Morgan fingerprint density at radius 3 is 2.44 bits per heavy atom. The molecule has 6 N–H and O–H groups in total. The first-order chi connectivity index (χ1) is 15.2. The van der Waals surface area contributed by atoms with Crippen molar-refractivity contribution in [3.63, 3.8) is 0 Å². The van der Waals surface area contributed by atoms with Gasteiger partial charge in [0.2, 0.25) is 11.8 Å². The molecule has 1 rings (SSSR count). The molecule has 180 valence electrons. The molecule has 0 bridgehead atoms. The summed E-state index contributed by atoms with van der Waals surface area (Å²) in [5.41, 5.74) is 7.08. The summed E-state index contributed by atoms with van der Waals surface area (Å²) in [6.45, 7) is 5.09. The van der Waals surface area contributed by atoms with E-state index in [-0.39, 0.29) is 42.3 Å². The Hall–Kier alpha value is -2.69. The second kappa shape index (κ2) is 15.2. The van der Waals surface area contributed by atoms with Crippen LogP contribution in [0.1, 0.15) is 38.7 Å². The molecule has 0 aliphatic carbocycles. The number of carboxylic acids is 1. The molecular formula is C22H35N3O7. The lowest BCUT2D eigenvalue weighted by Gasteiger charge is -2.15. The van der Waals surface area contributed by atoms with E-state index in [1.165, 1.54) is 6.07 Å². The van der Waals surface area contributed by atoms with Crippen molar-refractivity contribution in [3.05, 3.63) is 23.8 Å². The Morgan fingerprint density at radius 1 is 1.09 bits per heavy atom. The van der Waals surface area contributed by atoms with Gasteiger partial charge in [0.15, 0.2) is 0 Å². The molecule has 2 unspecified atom stereocenters. The van der Waals surface area contributed by atoms with E-state index < -0.39 is 11.9 Å². The van der Waals surface area contributed by atoms with Gasteiger partial charge in [-0.05, 0) is 30.5 Å². The molecule has 1 aromatic carbocycles. The lowest BCUT2D eigenvalue weighted by molar-refractivity contribution is -0.141. The van der Waals surface area contributed by atoms with Crippen molar-refractivity contribution in [2.75, 3.05) is 38.3 Å². The average molecular weight is 454 g/mol. The van der Waals surface area contributed by atoms with Crippen LogP contribution in [-0.2, 0) is 30.3 Å². The number of hydrogen-bond donors (Lipinski definition) is 5. The number of nitrogens with two attached hydrogens (primary N) is 1. The summed E-state index contributed by atoms with van der Waals surface area (Å²) in [6.07, 6.45) is 1.29.